The largest absolute Gasteiger partial charge is 0.480 e. The van der Waals surface area contributed by atoms with E-state index in [4.69, 9.17) is 10.5 Å². The quantitative estimate of drug-likeness (QED) is 0.852. The number of pyridine rings is 1. The standard InChI is InChI=1S/C13H12BrN3O2/c1-19-13-11(3-2-6-16-13)17-12(18)8-4-5-9(14)10(15)7-8/h2-7H,15H2,1H3,(H,17,18). The second-order valence-corrected chi connectivity index (χ2v) is 4.60. The van der Waals surface area contributed by atoms with Gasteiger partial charge in [0.2, 0.25) is 5.88 Å². The number of aromatic nitrogens is 1. The Morgan fingerprint density at radius 2 is 2.21 bits per heavy atom. The summed E-state index contributed by atoms with van der Waals surface area (Å²) in [5.41, 5.74) is 7.22. The first-order valence-corrected chi connectivity index (χ1v) is 6.26. The molecular formula is C13H12BrN3O2. The Labute approximate surface area is 118 Å². The Morgan fingerprint density at radius 3 is 2.89 bits per heavy atom. The van der Waals surface area contributed by atoms with E-state index in [1.807, 2.05) is 0 Å². The second-order valence-electron chi connectivity index (χ2n) is 3.75. The van der Waals surface area contributed by atoms with Gasteiger partial charge in [-0.3, -0.25) is 4.79 Å². The summed E-state index contributed by atoms with van der Waals surface area (Å²) in [6.45, 7) is 0. The lowest BCUT2D eigenvalue weighted by atomic mass is 10.2. The maximum absolute atomic E-state index is 12.1. The van der Waals surface area contributed by atoms with E-state index in [0.29, 0.717) is 22.8 Å². The van der Waals surface area contributed by atoms with E-state index in [2.05, 4.69) is 26.2 Å². The van der Waals surface area contributed by atoms with Crippen molar-refractivity contribution in [3.63, 3.8) is 0 Å². The number of rotatable bonds is 3. The van der Waals surface area contributed by atoms with Gasteiger partial charge in [0, 0.05) is 21.9 Å². The first kappa shape index (κ1) is 13.4. The summed E-state index contributed by atoms with van der Waals surface area (Å²) in [7, 11) is 1.50. The van der Waals surface area contributed by atoms with Crippen LogP contribution in [-0.2, 0) is 0 Å². The smallest absolute Gasteiger partial charge is 0.255 e. The third kappa shape index (κ3) is 3.03. The monoisotopic (exact) mass is 321 g/mol. The van der Waals surface area contributed by atoms with Gasteiger partial charge in [0.25, 0.3) is 5.91 Å². The normalized spacial score (nSPS) is 10.0. The van der Waals surface area contributed by atoms with E-state index in [-0.39, 0.29) is 5.91 Å². The SMILES string of the molecule is COc1ncccc1NC(=O)c1ccc(Br)c(N)c1. The molecule has 3 N–H and O–H groups in total. The van der Waals surface area contributed by atoms with Gasteiger partial charge in [-0.25, -0.2) is 4.98 Å². The summed E-state index contributed by atoms with van der Waals surface area (Å²) < 4.78 is 5.82. The molecule has 0 aliphatic rings. The zero-order valence-electron chi connectivity index (χ0n) is 10.2. The van der Waals surface area contributed by atoms with Crippen LogP contribution in [0, 0.1) is 0 Å². The summed E-state index contributed by atoms with van der Waals surface area (Å²) in [5, 5.41) is 2.73. The molecular weight excluding hydrogens is 310 g/mol. The lowest BCUT2D eigenvalue weighted by Gasteiger charge is -2.09. The van der Waals surface area contributed by atoms with Crippen LogP contribution in [0.3, 0.4) is 0 Å². The first-order chi connectivity index (χ1) is 9.11. The van der Waals surface area contributed by atoms with Gasteiger partial charge >= 0.3 is 0 Å². The van der Waals surface area contributed by atoms with Gasteiger partial charge in [-0.2, -0.15) is 0 Å². The van der Waals surface area contributed by atoms with Crippen LogP contribution in [-0.4, -0.2) is 18.0 Å². The van der Waals surface area contributed by atoms with E-state index >= 15 is 0 Å². The molecule has 2 aromatic rings. The number of nitrogens with one attached hydrogen (secondary N) is 1. The van der Waals surface area contributed by atoms with Crippen LogP contribution in [0.4, 0.5) is 11.4 Å². The summed E-state index contributed by atoms with van der Waals surface area (Å²) in [6, 6.07) is 8.44. The van der Waals surface area contributed by atoms with Crippen molar-refractivity contribution >= 4 is 33.2 Å². The van der Waals surface area contributed by atoms with Crippen molar-refractivity contribution in [2.45, 2.75) is 0 Å². The van der Waals surface area contributed by atoms with Gasteiger partial charge in [0.1, 0.15) is 5.69 Å². The summed E-state index contributed by atoms with van der Waals surface area (Å²) >= 11 is 3.28. The highest BCUT2D eigenvalue weighted by molar-refractivity contribution is 9.10. The molecule has 0 radical (unpaired) electrons. The summed E-state index contributed by atoms with van der Waals surface area (Å²) in [5.74, 6) is 0.0893. The predicted octanol–water partition coefficient (Wildman–Crippen LogP) is 2.69. The van der Waals surface area contributed by atoms with Gasteiger partial charge in [-0.05, 0) is 46.3 Å². The summed E-state index contributed by atoms with van der Waals surface area (Å²) in [6.07, 6.45) is 1.59. The minimum absolute atomic E-state index is 0.273. The maximum Gasteiger partial charge on any atom is 0.255 e. The molecule has 0 bridgehead atoms. The molecule has 98 valence electrons. The van der Waals surface area contributed by atoms with E-state index < -0.39 is 0 Å². The van der Waals surface area contributed by atoms with Crippen molar-refractivity contribution < 1.29 is 9.53 Å². The molecule has 1 aromatic heterocycles. The minimum atomic E-state index is -0.273. The van der Waals surface area contributed by atoms with Crippen molar-refractivity contribution in [2.24, 2.45) is 0 Å². The molecule has 5 nitrogen and oxygen atoms in total. The second kappa shape index (κ2) is 5.71. The highest BCUT2D eigenvalue weighted by Gasteiger charge is 2.11. The number of anilines is 2. The van der Waals surface area contributed by atoms with Gasteiger partial charge in [-0.1, -0.05) is 0 Å². The number of nitrogen functional groups attached to an aromatic ring is 1. The lowest BCUT2D eigenvalue weighted by Crippen LogP contribution is -2.13. The number of ether oxygens (including phenoxy) is 1. The molecule has 2 rings (SSSR count). The molecule has 0 spiro atoms. The van der Waals surface area contributed by atoms with E-state index in [9.17, 15) is 4.79 Å². The average Bonchev–Trinajstić information content (AvgIpc) is 2.42. The van der Waals surface area contributed by atoms with E-state index in [1.54, 1.807) is 36.5 Å². The van der Waals surface area contributed by atoms with Crippen LogP contribution in [0.2, 0.25) is 0 Å². The molecule has 1 aromatic carbocycles. The van der Waals surface area contributed by atoms with E-state index in [0.717, 1.165) is 4.47 Å². The number of hydrogen-bond acceptors (Lipinski definition) is 4. The van der Waals surface area contributed by atoms with Crippen molar-refractivity contribution in [1.29, 1.82) is 0 Å². The van der Waals surface area contributed by atoms with Crippen molar-refractivity contribution in [3.8, 4) is 5.88 Å². The number of carbonyl (C=O) groups excluding carboxylic acids is 1. The predicted molar refractivity (Wildman–Crippen MR) is 77.3 cm³/mol. The minimum Gasteiger partial charge on any atom is -0.480 e. The molecule has 19 heavy (non-hydrogen) atoms. The number of hydrogen-bond donors (Lipinski definition) is 2. The molecule has 0 aliphatic heterocycles. The highest BCUT2D eigenvalue weighted by Crippen LogP contribution is 2.23. The van der Waals surface area contributed by atoms with Crippen LogP contribution >= 0.6 is 15.9 Å². The van der Waals surface area contributed by atoms with E-state index in [1.165, 1.54) is 7.11 Å². The number of methoxy groups -OCH3 is 1. The van der Waals surface area contributed by atoms with Crippen LogP contribution < -0.4 is 15.8 Å². The number of amides is 1. The first-order valence-electron chi connectivity index (χ1n) is 5.47. The molecule has 0 saturated carbocycles. The fourth-order valence-corrected chi connectivity index (χ4v) is 1.77. The van der Waals surface area contributed by atoms with Crippen LogP contribution in [0.15, 0.2) is 41.0 Å². The fourth-order valence-electron chi connectivity index (χ4n) is 1.53. The highest BCUT2D eigenvalue weighted by atomic mass is 79.9. The summed E-state index contributed by atoms with van der Waals surface area (Å²) in [4.78, 5) is 16.1. The zero-order valence-corrected chi connectivity index (χ0v) is 11.8. The van der Waals surface area contributed by atoms with Crippen molar-refractivity contribution in [1.82, 2.24) is 4.98 Å². The Morgan fingerprint density at radius 1 is 1.42 bits per heavy atom. The zero-order chi connectivity index (χ0) is 13.8. The van der Waals surface area contributed by atoms with Crippen LogP contribution in [0.1, 0.15) is 10.4 Å². The lowest BCUT2D eigenvalue weighted by molar-refractivity contribution is 0.102. The Bertz CT molecular complexity index is 617. The fraction of sp³-hybridized carbons (Fsp3) is 0.0769. The van der Waals surface area contributed by atoms with Crippen LogP contribution in [0.25, 0.3) is 0 Å². The Balaban J connectivity index is 2.23. The average molecular weight is 322 g/mol. The van der Waals surface area contributed by atoms with Crippen molar-refractivity contribution in [2.75, 3.05) is 18.2 Å². The van der Waals surface area contributed by atoms with Crippen LogP contribution in [0.5, 0.6) is 5.88 Å². The third-order valence-electron chi connectivity index (χ3n) is 2.47. The Kier molecular flexibility index (Phi) is 4.01. The number of halogens is 1. The molecule has 1 amide bonds. The number of benzene rings is 1. The maximum atomic E-state index is 12.1. The van der Waals surface area contributed by atoms with Gasteiger partial charge < -0.3 is 15.8 Å². The van der Waals surface area contributed by atoms with Gasteiger partial charge in [0.05, 0.1) is 7.11 Å². The molecule has 0 unspecified atom stereocenters. The third-order valence-corrected chi connectivity index (χ3v) is 3.19. The molecule has 0 saturated heterocycles. The molecule has 0 aliphatic carbocycles. The molecule has 6 heteroatoms. The molecule has 1 heterocycles. The molecule has 0 fully saturated rings. The molecule has 0 atom stereocenters. The number of carbonyl (C=O) groups is 1. The number of nitrogens with two attached hydrogens (primary N) is 1. The van der Waals surface area contributed by atoms with Gasteiger partial charge in [0.15, 0.2) is 0 Å². The Hall–Kier alpha value is -2.08. The van der Waals surface area contributed by atoms with Gasteiger partial charge in [-0.15, -0.1) is 0 Å². The number of nitrogens with zero attached hydrogens (tertiary/aromatic N) is 1. The van der Waals surface area contributed by atoms with Crippen molar-refractivity contribution in [3.05, 3.63) is 46.6 Å². The topological polar surface area (TPSA) is 77.2 Å².